The summed E-state index contributed by atoms with van der Waals surface area (Å²) in [5.74, 6) is 2.07. The molecule has 0 saturated carbocycles. The number of hydrogen-bond donors (Lipinski definition) is 0. The Kier molecular flexibility index (Phi) is 9.06. The number of hydrogen-bond acceptors (Lipinski definition) is 5. The van der Waals surface area contributed by atoms with E-state index in [1.54, 1.807) is 42.6 Å². The molecule has 0 fully saturated rings. The second kappa shape index (κ2) is 20.3. The molecule has 0 radical (unpaired) electrons. The second-order valence-corrected chi connectivity index (χ2v) is 21.7. The van der Waals surface area contributed by atoms with Crippen LogP contribution in [-0.2, 0) is 10.8 Å². The lowest BCUT2D eigenvalue weighted by molar-refractivity contribution is 0.483. The lowest BCUT2D eigenvalue weighted by Gasteiger charge is -2.27. The van der Waals surface area contributed by atoms with Gasteiger partial charge in [-0.05, 0) is 98.8 Å². The highest BCUT2D eigenvalue weighted by Gasteiger charge is 2.32. The summed E-state index contributed by atoms with van der Waals surface area (Å²) in [6.45, 7) is 12.9. The van der Waals surface area contributed by atoms with Crippen molar-refractivity contribution in [3.05, 3.63) is 266 Å². The fraction of sp³-hybridized carbons (Fsp3) is 0.122. The molecule has 0 spiro atoms. The van der Waals surface area contributed by atoms with Crippen molar-refractivity contribution in [1.82, 2.24) is 9.55 Å². The molecule has 2 aromatic heterocycles. The van der Waals surface area contributed by atoms with Crippen molar-refractivity contribution in [2.45, 2.75) is 52.4 Å². The Morgan fingerprint density at radius 3 is 1.61 bits per heavy atom. The van der Waals surface area contributed by atoms with Crippen molar-refractivity contribution < 1.29 is 30.0 Å². The van der Waals surface area contributed by atoms with Gasteiger partial charge in [0.15, 0.2) is 0 Å². The highest BCUT2D eigenvalue weighted by molar-refractivity contribution is 6.10. The Balaban J connectivity index is 0.910. The predicted octanol–water partition coefficient (Wildman–Crippen LogP) is 20.3. The van der Waals surface area contributed by atoms with Gasteiger partial charge in [-0.25, -0.2) is 4.98 Å². The molecule has 80 heavy (non-hydrogen) atoms. The van der Waals surface area contributed by atoms with Gasteiger partial charge in [-0.3, -0.25) is 4.57 Å². The smallest absolute Gasteiger partial charge is 0.143 e. The first-order chi connectivity index (χ1) is 45.1. The molecule has 3 heterocycles. The molecule has 10 aromatic carbocycles. The number of benzene rings is 10. The van der Waals surface area contributed by atoms with E-state index in [0.29, 0.717) is 51.3 Å². The number of rotatable bonds is 11. The molecular formula is C74H62N4O2. The van der Waals surface area contributed by atoms with E-state index in [1.807, 2.05) is 105 Å². The Morgan fingerprint density at radius 1 is 0.425 bits per heavy atom. The second-order valence-electron chi connectivity index (χ2n) is 21.7. The zero-order chi connectivity index (χ0) is 67.6. The van der Waals surface area contributed by atoms with E-state index in [1.165, 1.54) is 0 Å². The van der Waals surface area contributed by atoms with Gasteiger partial charge in [-0.2, -0.15) is 0 Å². The molecule has 0 bridgehead atoms. The average Bonchev–Trinajstić information content (AvgIpc) is 1.71. The first-order valence-corrected chi connectivity index (χ1v) is 26.4. The van der Waals surface area contributed by atoms with Gasteiger partial charge in [-0.1, -0.05) is 217 Å². The Morgan fingerprint density at radius 2 is 0.975 bits per heavy atom. The van der Waals surface area contributed by atoms with Crippen LogP contribution in [0.2, 0.25) is 0 Å². The topological polar surface area (TPSA) is 42.8 Å². The zero-order valence-corrected chi connectivity index (χ0v) is 44.9. The van der Waals surface area contributed by atoms with E-state index in [0.717, 1.165) is 38.5 Å². The number of anilines is 4. The first-order valence-electron chi connectivity index (χ1n) is 33.9. The van der Waals surface area contributed by atoms with Crippen LogP contribution in [0.4, 0.5) is 22.7 Å². The first kappa shape index (κ1) is 35.7. The fourth-order valence-corrected chi connectivity index (χ4v) is 10.6. The van der Waals surface area contributed by atoms with Crippen molar-refractivity contribution in [1.29, 1.82) is 0 Å². The van der Waals surface area contributed by atoms with Gasteiger partial charge in [0, 0.05) is 63.1 Å². The van der Waals surface area contributed by atoms with Crippen LogP contribution in [0.1, 0.15) is 73.2 Å². The highest BCUT2D eigenvalue weighted by atomic mass is 16.5. The number of para-hydroxylation sites is 4. The van der Waals surface area contributed by atoms with Gasteiger partial charge in [0.2, 0.25) is 0 Å². The maximum Gasteiger partial charge on any atom is 0.143 e. The summed E-state index contributed by atoms with van der Waals surface area (Å²) in [6.07, 6.45) is 1.64. The number of ether oxygens (including phenoxy) is 2. The number of pyridine rings is 1. The molecule has 0 saturated heterocycles. The minimum atomic E-state index is -0.580. The summed E-state index contributed by atoms with van der Waals surface area (Å²) in [6, 6.07) is 41.6. The predicted molar refractivity (Wildman–Crippen MR) is 333 cm³/mol. The third kappa shape index (κ3) is 9.43. The Hall–Kier alpha value is -9.65. The molecule has 1 aliphatic rings. The molecule has 6 nitrogen and oxygen atoms in total. The lowest BCUT2D eigenvalue weighted by atomic mass is 9.86. The van der Waals surface area contributed by atoms with E-state index in [-0.39, 0.29) is 68.8 Å². The summed E-state index contributed by atoms with van der Waals surface area (Å²) in [7, 11) is 0. The van der Waals surface area contributed by atoms with Gasteiger partial charge >= 0.3 is 0 Å². The highest BCUT2D eigenvalue weighted by Crippen LogP contribution is 2.51. The zero-order valence-electron chi connectivity index (χ0n) is 59.9. The van der Waals surface area contributed by atoms with Crippen LogP contribution < -0.4 is 19.3 Å². The van der Waals surface area contributed by atoms with Gasteiger partial charge in [0.1, 0.15) is 35.5 Å². The average molecular weight is 1050 g/mol. The van der Waals surface area contributed by atoms with E-state index >= 15 is 0 Å². The van der Waals surface area contributed by atoms with Crippen LogP contribution in [0.25, 0.3) is 72.1 Å². The van der Waals surface area contributed by atoms with E-state index in [2.05, 4.69) is 71.9 Å². The summed E-state index contributed by atoms with van der Waals surface area (Å²) in [4.78, 5) is 8.84. The van der Waals surface area contributed by atoms with Gasteiger partial charge in [-0.15, -0.1) is 0 Å². The summed E-state index contributed by atoms with van der Waals surface area (Å²) < 4.78 is 148. The molecule has 0 unspecified atom stereocenters. The van der Waals surface area contributed by atoms with Crippen LogP contribution in [-0.4, -0.2) is 16.2 Å². The standard InChI is InChI=1S/C74H62N4O2/c1-73(2,3)54-37-35-53(36-38-54)63-32-20-31-62(52-25-14-9-15-26-52)72(63)80-59-43-44-75-70(48-59)78-66-42-39-55(74(4,5)6)45-65(66)64-41-40-58(47-69(64)78)79-57-28-18-27-56(46-57)76-49-77(68-34-17-16-33-67(68)76)71-60(50-21-10-7-11-22-50)29-19-30-61(71)51-23-12-8-13-24-51/h7-48H,49H2,1-6H3/i7D,8D,9D,10D,11D,12D,13D,14D,15D,21D,22D,23D,24D,25D,26D. The van der Waals surface area contributed by atoms with Gasteiger partial charge < -0.3 is 19.3 Å². The molecule has 13 rings (SSSR count). The van der Waals surface area contributed by atoms with Gasteiger partial charge in [0.25, 0.3) is 0 Å². The molecule has 12 aromatic rings. The van der Waals surface area contributed by atoms with Crippen LogP contribution in [0.5, 0.6) is 23.0 Å². The minimum absolute atomic E-state index is 0.00369. The summed E-state index contributed by atoms with van der Waals surface area (Å²) in [5, 5.41) is 1.87. The van der Waals surface area contributed by atoms with Crippen molar-refractivity contribution >= 4 is 44.6 Å². The third-order valence-electron chi connectivity index (χ3n) is 14.6. The van der Waals surface area contributed by atoms with E-state index in [9.17, 15) is 0 Å². The molecule has 0 N–H and O–H groups in total. The van der Waals surface area contributed by atoms with Gasteiger partial charge in [0.05, 0.1) is 48.7 Å². The quantitative estimate of drug-likeness (QED) is 0.129. The van der Waals surface area contributed by atoms with Crippen molar-refractivity contribution in [2.24, 2.45) is 0 Å². The van der Waals surface area contributed by atoms with Crippen molar-refractivity contribution in [2.75, 3.05) is 16.5 Å². The summed E-state index contributed by atoms with van der Waals surface area (Å²) >= 11 is 0. The molecular weight excluding hydrogens is 977 g/mol. The largest absolute Gasteiger partial charge is 0.457 e. The monoisotopic (exact) mass is 1050 g/mol. The molecule has 0 atom stereocenters. The third-order valence-corrected chi connectivity index (χ3v) is 14.6. The minimum Gasteiger partial charge on any atom is -0.457 e. The number of aromatic nitrogens is 2. The number of fused-ring (bicyclic) bond motifs is 4. The van der Waals surface area contributed by atoms with Crippen LogP contribution in [0.15, 0.2) is 255 Å². The van der Waals surface area contributed by atoms with E-state index in [4.69, 9.17) is 35.0 Å². The van der Waals surface area contributed by atoms with Crippen LogP contribution >= 0.6 is 0 Å². The molecule has 0 amide bonds. The van der Waals surface area contributed by atoms with Crippen LogP contribution in [0.3, 0.4) is 0 Å². The maximum absolute atomic E-state index is 9.14. The summed E-state index contributed by atoms with van der Waals surface area (Å²) in [5.41, 5.74) is 7.57. The molecule has 390 valence electrons. The Labute approximate surface area is 490 Å². The van der Waals surface area contributed by atoms with Crippen molar-refractivity contribution in [3.63, 3.8) is 0 Å². The maximum atomic E-state index is 9.14. The van der Waals surface area contributed by atoms with Crippen molar-refractivity contribution in [3.8, 4) is 73.3 Å². The van der Waals surface area contributed by atoms with E-state index < -0.39 is 78.6 Å². The SMILES string of the molecule is [2H]c1c([2H])c([2H])c(-c2cccc(-c3ccc(C(C)(C)C)cc3)c2Oc2ccnc(-n3c4ccc(C(C)(C)C)cc4c4ccc(Oc5cccc(N6CN(c7c(-c8c([2H])c([2H])c([2H])c([2H])c8[2H])cccc7-c7c([2H])c([2H])c([2H])c([2H])c7[2H])c7ccccc76)c5)cc43)c2)c([2H])c1[2H]. The Bertz CT molecular complexity index is 5000. The van der Waals surface area contributed by atoms with Crippen LogP contribution in [0, 0.1) is 0 Å². The molecule has 6 heteroatoms. The normalized spacial score (nSPS) is 15.2. The fourth-order valence-electron chi connectivity index (χ4n) is 10.6. The molecule has 1 aliphatic heterocycles. The lowest BCUT2D eigenvalue weighted by Crippen LogP contribution is -2.24. The molecule has 0 aliphatic carbocycles. The number of nitrogens with zero attached hydrogens (tertiary/aromatic N) is 4.